The van der Waals surface area contributed by atoms with Gasteiger partial charge in [-0.1, -0.05) is 18.2 Å². The fourth-order valence-corrected chi connectivity index (χ4v) is 1.87. The van der Waals surface area contributed by atoms with Crippen LogP contribution in [-0.2, 0) is 9.53 Å². The van der Waals surface area contributed by atoms with Crippen LogP contribution in [0.2, 0.25) is 0 Å². The maximum absolute atomic E-state index is 11.5. The van der Waals surface area contributed by atoms with Gasteiger partial charge in [0.05, 0.1) is 6.10 Å². The van der Waals surface area contributed by atoms with Crippen molar-refractivity contribution in [1.82, 2.24) is 5.32 Å². The molecule has 0 spiro atoms. The second-order valence-corrected chi connectivity index (χ2v) is 4.25. The zero-order chi connectivity index (χ0) is 13.7. The standard InChI is InChI=1S/C13H15NO5/c15-12(16)11-7-6-10(18-11)8-14-13(17)19-9-4-2-1-3-5-9/h1-5,10-11H,6-8H2,(H,14,17)(H,15,16). The highest BCUT2D eigenvalue weighted by molar-refractivity contribution is 5.72. The van der Waals surface area contributed by atoms with Crippen LogP contribution in [-0.4, -0.2) is 35.9 Å². The zero-order valence-electron chi connectivity index (χ0n) is 10.2. The average Bonchev–Trinajstić information content (AvgIpc) is 2.86. The van der Waals surface area contributed by atoms with E-state index in [1.165, 1.54) is 0 Å². The number of carbonyl (C=O) groups excluding carboxylic acids is 1. The Morgan fingerprint density at radius 3 is 2.68 bits per heavy atom. The minimum absolute atomic E-state index is 0.245. The Kier molecular flexibility index (Phi) is 4.35. The predicted octanol–water partition coefficient (Wildman–Crippen LogP) is 1.41. The molecule has 0 saturated carbocycles. The van der Waals surface area contributed by atoms with Crippen molar-refractivity contribution < 1.29 is 24.2 Å². The van der Waals surface area contributed by atoms with Gasteiger partial charge in [0, 0.05) is 6.54 Å². The summed E-state index contributed by atoms with van der Waals surface area (Å²) < 4.78 is 10.3. The third-order valence-corrected chi connectivity index (χ3v) is 2.81. The molecular weight excluding hydrogens is 250 g/mol. The van der Waals surface area contributed by atoms with Gasteiger partial charge in [-0.15, -0.1) is 0 Å². The number of rotatable bonds is 4. The number of carboxylic acid groups (broad SMARTS) is 1. The van der Waals surface area contributed by atoms with E-state index in [1.807, 2.05) is 6.07 Å². The lowest BCUT2D eigenvalue weighted by molar-refractivity contribution is -0.149. The molecule has 102 valence electrons. The first kappa shape index (κ1) is 13.4. The average molecular weight is 265 g/mol. The van der Waals surface area contributed by atoms with Gasteiger partial charge in [-0.25, -0.2) is 9.59 Å². The number of nitrogens with one attached hydrogen (secondary N) is 1. The van der Waals surface area contributed by atoms with Gasteiger partial charge in [0.15, 0.2) is 6.10 Å². The first-order chi connectivity index (χ1) is 9.15. The molecule has 0 bridgehead atoms. The van der Waals surface area contributed by atoms with Crippen molar-refractivity contribution in [2.24, 2.45) is 0 Å². The van der Waals surface area contributed by atoms with E-state index in [1.54, 1.807) is 24.3 Å². The molecule has 0 radical (unpaired) electrons. The molecular formula is C13H15NO5. The maximum atomic E-state index is 11.5. The van der Waals surface area contributed by atoms with Crippen molar-refractivity contribution in [3.05, 3.63) is 30.3 Å². The largest absolute Gasteiger partial charge is 0.479 e. The molecule has 6 heteroatoms. The third-order valence-electron chi connectivity index (χ3n) is 2.81. The molecule has 1 heterocycles. The summed E-state index contributed by atoms with van der Waals surface area (Å²) in [6, 6.07) is 8.70. The fourth-order valence-electron chi connectivity index (χ4n) is 1.87. The van der Waals surface area contributed by atoms with Crippen LogP contribution >= 0.6 is 0 Å². The number of hydrogen-bond donors (Lipinski definition) is 2. The molecule has 19 heavy (non-hydrogen) atoms. The summed E-state index contributed by atoms with van der Waals surface area (Å²) in [4.78, 5) is 22.2. The van der Waals surface area contributed by atoms with Gasteiger partial charge in [0.25, 0.3) is 0 Å². The van der Waals surface area contributed by atoms with E-state index in [-0.39, 0.29) is 12.6 Å². The van der Waals surface area contributed by atoms with Crippen LogP contribution in [0.25, 0.3) is 0 Å². The molecule has 0 aromatic heterocycles. The topological polar surface area (TPSA) is 84.9 Å². The molecule has 0 aliphatic carbocycles. The van der Waals surface area contributed by atoms with Gasteiger partial charge in [-0.3, -0.25) is 0 Å². The van der Waals surface area contributed by atoms with E-state index in [0.29, 0.717) is 18.6 Å². The van der Waals surface area contributed by atoms with Gasteiger partial charge >= 0.3 is 12.1 Å². The molecule has 2 rings (SSSR count). The summed E-state index contributed by atoms with van der Waals surface area (Å²) >= 11 is 0. The van der Waals surface area contributed by atoms with E-state index >= 15 is 0 Å². The monoisotopic (exact) mass is 265 g/mol. The number of para-hydroxylation sites is 1. The first-order valence-electron chi connectivity index (χ1n) is 6.04. The van der Waals surface area contributed by atoms with Crippen LogP contribution in [0, 0.1) is 0 Å². The van der Waals surface area contributed by atoms with Crippen LogP contribution in [0.3, 0.4) is 0 Å². The Bertz CT molecular complexity index is 448. The second-order valence-electron chi connectivity index (χ2n) is 4.25. The van der Waals surface area contributed by atoms with Crippen LogP contribution in [0.5, 0.6) is 5.75 Å². The molecule has 1 aromatic carbocycles. The number of carbonyl (C=O) groups is 2. The molecule has 1 aliphatic heterocycles. The lowest BCUT2D eigenvalue weighted by Crippen LogP contribution is -2.34. The summed E-state index contributed by atoms with van der Waals surface area (Å²) in [5, 5.41) is 11.3. The van der Waals surface area contributed by atoms with Gasteiger partial charge in [0.2, 0.25) is 0 Å². The SMILES string of the molecule is O=C(NCC1CCC(C(=O)O)O1)Oc1ccccc1. The summed E-state index contributed by atoms with van der Waals surface area (Å²) in [6.45, 7) is 0.245. The summed E-state index contributed by atoms with van der Waals surface area (Å²) in [7, 11) is 0. The molecule has 2 atom stereocenters. The van der Waals surface area contributed by atoms with Gasteiger partial charge in [-0.05, 0) is 25.0 Å². The van der Waals surface area contributed by atoms with E-state index in [9.17, 15) is 9.59 Å². The maximum Gasteiger partial charge on any atom is 0.412 e. The molecule has 2 unspecified atom stereocenters. The Labute approximate surface area is 110 Å². The highest BCUT2D eigenvalue weighted by atomic mass is 16.6. The van der Waals surface area contributed by atoms with E-state index in [0.717, 1.165) is 0 Å². The third kappa shape index (κ3) is 3.96. The molecule has 1 saturated heterocycles. The van der Waals surface area contributed by atoms with Crippen LogP contribution in [0.1, 0.15) is 12.8 Å². The zero-order valence-corrected chi connectivity index (χ0v) is 10.2. The molecule has 2 N–H and O–H groups in total. The number of carboxylic acids is 1. The van der Waals surface area contributed by atoms with Crippen LogP contribution in [0.15, 0.2) is 30.3 Å². The Balaban J connectivity index is 1.71. The number of amides is 1. The van der Waals surface area contributed by atoms with E-state index in [4.69, 9.17) is 14.6 Å². The van der Waals surface area contributed by atoms with E-state index in [2.05, 4.69) is 5.32 Å². The van der Waals surface area contributed by atoms with E-state index < -0.39 is 18.2 Å². The van der Waals surface area contributed by atoms with Gasteiger partial charge in [0.1, 0.15) is 5.75 Å². The minimum atomic E-state index is -0.964. The van der Waals surface area contributed by atoms with Crippen molar-refractivity contribution in [2.45, 2.75) is 25.0 Å². The number of ether oxygens (including phenoxy) is 2. The first-order valence-corrected chi connectivity index (χ1v) is 6.04. The molecule has 1 aliphatic rings. The van der Waals surface area contributed by atoms with Crippen molar-refractivity contribution in [3.8, 4) is 5.75 Å². The lowest BCUT2D eigenvalue weighted by Gasteiger charge is -2.12. The Morgan fingerprint density at radius 2 is 2.05 bits per heavy atom. The normalized spacial score (nSPS) is 21.9. The number of benzene rings is 1. The summed E-state index contributed by atoms with van der Waals surface area (Å²) in [6.07, 6.45) is -0.534. The quantitative estimate of drug-likeness (QED) is 0.859. The molecule has 1 fully saturated rings. The minimum Gasteiger partial charge on any atom is -0.479 e. The fraction of sp³-hybridized carbons (Fsp3) is 0.385. The second kappa shape index (κ2) is 6.19. The van der Waals surface area contributed by atoms with Crippen molar-refractivity contribution >= 4 is 12.1 Å². The van der Waals surface area contributed by atoms with Crippen molar-refractivity contribution in [3.63, 3.8) is 0 Å². The van der Waals surface area contributed by atoms with Crippen molar-refractivity contribution in [2.75, 3.05) is 6.54 Å². The highest BCUT2D eigenvalue weighted by Crippen LogP contribution is 2.19. The van der Waals surface area contributed by atoms with Gasteiger partial charge in [-0.2, -0.15) is 0 Å². The highest BCUT2D eigenvalue weighted by Gasteiger charge is 2.30. The lowest BCUT2D eigenvalue weighted by atomic mass is 10.2. The van der Waals surface area contributed by atoms with Gasteiger partial charge < -0.3 is 19.9 Å². The van der Waals surface area contributed by atoms with Crippen molar-refractivity contribution in [1.29, 1.82) is 0 Å². The smallest absolute Gasteiger partial charge is 0.412 e. The molecule has 1 aromatic rings. The Hall–Kier alpha value is -2.08. The molecule has 1 amide bonds. The van der Waals surface area contributed by atoms with Crippen LogP contribution < -0.4 is 10.1 Å². The summed E-state index contributed by atoms with van der Waals surface area (Å²) in [5.41, 5.74) is 0. The Morgan fingerprint density at radius 1 is 1.32 bits per heavy atom. The predicted molar refractivity (Wildman–Crippen MR) is 66.0 cm³/mol. The summed E-state index contributed by atoms with van der Waals surface area (Å²) in [5.74, 6) is -0.509. The number of hydrogen-bond acceptors (Lipinski definition) is 4. The van der Waals surface area contributed by atoms with Crippen LogP contribution in [0.4, 0.5) is 4.79 Å². The number of aliphatic carboxylic acids is 1. The molecule has 6 nitrogen and oxygen atoms in total.